The molecule has 0 radical (unpaired) electrons. The molecule has 1 saturated heterocycles. The average molecular weight is 188 g/mol. The van der Waals surface area contributed by atoms with Crippen LogP contribution in [0.5, 0.6) is 0 Å². The molecular formula is C8H12O3S. The number of hydrogen-bond donors (Lipinski definition) is 1. The van der Waals surface area contributed by atoms with Crippen LogP contribution in [0.1, 0.15) is 19.3 Å². The Bertz CT molecular complexity index is 191. The number of hydrogen-bond acceptors (Lipinski definition) is 3. The van der Waals surface area contributed by atoms with Gasteiger partial charge in [0.1, 0.15) is 5.78 Å². The van der Waals surface area contributed by atoms with E-state index in [0.717, 1.165) is 11.5 Å². The molecule has 1 rings (SSSR count). The highest BCUT2D eigenvalue weighted by molar-refractivity contribution is 7.99. The molecule has 0 bridgehead atoms. The smallest absolute Gasteiger partial charge is 0.303 e. The Hall–Kier alpha value is -0.510. The fourth-order valence-electron chi connectivity index (χ4n) is 1.24. The maximum atomic E-state index is 11.2. The Balaban J connectivity index is 2.29. The second-order valence-corrected chi connectivity index (χ2v) is 4.07. The highest BCUT2D eigenvalue weighted by Gasteiger charge is 2.22. The molecule has 1 heterocycles. The summed E-state index contributed by atoms with van der Waals surface area (Å²) in [5.74, 6) is 1.15. The third kappa shape index (κ3) is 2.85. The van der Waals surface area contributed by atoms with Crippen LogP contribution in [0.4, 0.5) is 0 Å². The average Bonchev–Trinajstić information content (AvgIpc) is 2.03. The molecule has 0 saturated carbocycles. The Labute approximate surface area is 75.5 Å². The highest BCUT2D eigenvalue weighted by atomic mass is 32.2. The molecule has 1 fully saturated rings. The van der Waals surface area contributed by atoms with Crippen LogP contribution in [-0.2, 0) is 9.59 Å². The van der Waals surface area contributed by atoms with Gasteiger partial charge in [-0.25, -0.2) is 0 Å². The Kier molecular flexibility index (Phi) is 3.59. The lowest BCUT2D eigenvalue weighted by Gasteiger charge is -2.18. The van der Waals surface area contributed by atoms with Crippen LogP contribution in [-0.4, -0.2) is 28.4 Å². The SMILES string of the molecule is O=C(O)CCC1CSCCC1=O. The fourth-order valence-corrected chi connectivity index (χ4v) is 2.39. The van der Waals surface area contributed by atoms with E-state index in [4.69, 9.17) is 5.11 Å². The molecule has 1 aliphatic rings. The number of ketones is 1. The predicted octanol–water partition coefficient (Wildman–Crippen LogP) is 1.17. The lowest BCUT2D eigenvalue weighted by Crippen LogP contribution is -2.23. The van der Waals surface area contributed by atoms with Gasteiger partial charge in [0.25, 0.3) is 0 Å². The van der Waals surface area contributed by atoms with Crippen LogP contribution in [0.2, 0.25) is 0 Å². The predicted molar refractivity (Wildman–Crippen MR) is 47.3 cm³/mol. The maximum absolute atomic E-state index is 11.2. The van der Waals surface area contributed by atoms with Crippen LogP contribution in [0.3, 0.4) is 0 Å². The van der Waals surface area contributed by atoms with Crippen LogP contribution in [0.25, 0.3) is 0 Å². The lowest BCUT2D eigenvalue weighted by molar-refractivity contribution is -0.137. The first-order valence-electron chi connectivity index (χ1n) is 4.02. The van der Waals surface area contributed by atoms with Crippen molar-refractivity contribution >= 4 is 23.5 Å². The second-order valence-electron chi connectivity index (χ2n) is 2.92. The van der Waals surface area contributed by atoms with Crippen LogP contribution in [0, 0.1) is 5.92 Å². The van der Waals surface area contributed by atoms with E-state index in [2.05, 4.69) is 0 Å². The first kappa shape index (κ1) is 9.58. The van der Waals surface area contributed by atoms with Gasteiger partial charge in [-0.2, -0.15) is 11.8 Å². The molecule has 68 valence electrons. The van der Waals surface area contributed by atoms with E-state index in [1.807, 2.05) is 0 Å². The number of carbonyl (C=O) groups excluding carboxylic acids is 1. The molecule has 4 heteroatoms. The molecule has 1 aliphatic heterocycles. The first-order valence-corrected chi connectivity index (χ1v) is 5.18. The molecule has 1 unspecified atom stereocenters. The molecule has 0 spiro atoms. The number of Topliss-reactive ketones (excluding diaryl/α,β-unsaturated/α-hetero) is 1. The first-order chi connectivity index (χ1) is 5.70. The number of rotatable bonds is 3. The van der Waals surface area contributed by atoms with Gasteiger partial charge < -0.3 is 5.11 Å². The zero-order valence-electron chi connectivity index (χ0n) is 6.78. The summed E-state index contributed by atoms with van der Waals surface area (Å²) >= 11 is 1.74. The van der Waals surface area contributed by atoms with Crippen molar-refractivity contribution in [3.63, 3.8) is 0 Å². The lowest BCUT2D eigenvalue weighted by atomic mass is 9.98. The molecule has 0 aliphatic carbocycles. The molecule has 0 aromatic heterocycles. The van der Waals surface area contributed by atoms with Gasteiger partial charge in [0.15, 0.2) is 0 Å². The van der Waals surface area contributed by atoms with E-state index in [-0.39, 0.29) is 18.1 Å². The van der Waals surface area contributed by atoms with Gasteiger partial charge in [0.2, 0.25) is 0 Å². The summed E-state index contributed by atoms with van der Waals surface area (Å²) < 4.78 is 0. The van der Waals surface area contributed by atoms with E-state index in [1.165, 1.54) is 0 Å². The zero-order valence-corrected chi connectivity index (χ0v) is 7.60. The molecule has 12 heavy (non-hydrogen) atoms. The van der Waals surface area contributed by atoms with Crippen molar-refractivity contribution in [2.45, 2.75) is 19.3 Å². The van der Waals surface area contributed by atoms with Crippen LogP contribution in [0.15, 0.2) is 0 Å². The summed E-state index contributed by atoms with van der Waals surface area (Å²) in [5, 5.41) is 8.41. The van der Waals surface area contributed by atoms with Gasteiger partial charge in [0.05, 0.1) is 0 Å². The van der Waals surface area contributed by atoms with Crippen LogP contribution >= 0.6 is 11.8 Å². The van der Waals surface area contributed by atoms with Gasteiger partial charge >= 0.3 is 5.97 Å². The molecule has 3 nitrogen and oxygen atoms in total. The maximum Gasteiger partial charge on any atom is 0.303 e. The van der Waals surface area contributed by atoms with Crippen molar-refractivity contribution in [3.05, 3.63) is 0 Å². The summed E-state index contributed by atoms with van der Waals surface area (Å²) in [4.78, 5) is 21.4. The quantitative estimate of drug-likeness (QED) is 0.722. The summed E-state index contributed by atoms with van der Waals surface area (Å²) in [7, 11) is 0. The number of carbonyl (C=O) groups is 2. The Morgan fingerprint density at radius 2 is 2.42 bits per heavy atom. The molecular weight excluding hydrogens is 176 g/mol. The molecule has 0 amide bonds. The van der Waals surface area contributed by atoms with E-state index in [1.54, 1.807) is 11.8 Å². The minimum Gasteiger partial charge on any atom is -0.481 e. The Morgan fingerprint density at radius 1 is 1.67 bits per heavy atom. The monoisotopic (exact) mass is 188 g/mol. The summed E-state index contributed by atoms with van der Waals surface area (Å²) in [6.45, 7) is 0. The zero-order chi connectivity index (χ0) is 8.97. The van der Waals surface area contributed by atoms with Gasteiger partial charge in [-0.15, -0.1) is 0 Å². The van der Waals surface area contributed by atoms with Gasteiger partial charge in [-0.1, -0.05) is 0 Å². The van der Waals surface area contributed by atoms with E-state index >= 15 is 0 Å². The van der Waals surface area contributed by atoms with E-state index in [9.17, 15) is 9.59 Å². The van der Waals surface area contributed by atoms with Gasteiger partial charge in [0, 0.05) is 30.3 Å². The van der Waals surface area contributed by atoms with Crippen molar-refractivity contribution in [2.75, 3.05) is 11.5 Å². The third-order valence-electron chi connectivity index (χ3n) is 1.97. The molecule has 0 aromatic rings. The van der Waals surface area contributed by atoms with Crippen LogP contribution < -0.4 is 0 Å². The summed E-state index contributed by atoms with van der Waals surface area (Å²) in [6, 6.07) is 0. The third-order valence-corrected chi connectivity index (χ3v) is 3.10. The topological polar surface area (TPSA) is 54.4 Å². The van der Waals surface area contributed by atoms with Crippen molar-refractivity contribution in [1.29, 1.82) is 0 Å². The normalized spacial score (nSPS) is 24.0. The molecule has 0 aromatic carbocycles. The second kappa shape index (κ2) is 4.50. The number of carboxylic acid groups (broad SMARTS) is 1. The van der Waals surface area contributed by atoms with E-state index in [0.29, 0.717) is 12.8 Å². The number of aliphatic carboxylic acids is 1. The largest absolute Gasteiger partial charge is 0.481 e. The van der Waals surface area contributed by atoms with Gasteiger partial charge in [-0.3, -0.25) is 9.59 Å². The van der Waals surface area contributed by atoms with Crippen molar-refractivity contribution in [1.82, 2.24) is 0 Å². The van der Waals surface area contributed by atoms with E-state index < -0.39 is 5.97 Å². The van der Waals surface area contributed by atoms with Gasteiger partial charge in [-0.05, 0) is 6.42 Å². The molecule has 1 atom stereocenters. The Morgan fingerprint density at radius 3 is 3.00 bits per heavy atom. The van der Waals surface area contributed by atoms with Crippen molar-refractivity contribution in [3.8, 4) is 0 Å². The highest BCUT2D eigenvalue weighted by Crippen LogP contribution is 2.23. The fraction of sp³-hybridized carbons (Fsp3) is 0.750. The standard InChI is InChI=1S/C8H12O3S/c9-7-3-4-12-5-6(7)1-2-8(10)11/h6H,1-5H2,(H,10,11). The summed E-state index contributed by atoms with van der Waals surface area (Å²) in [6.07, 6.45) is 1.26. The minimum atomic E-state index is -0.807. The number of thioether (sulfide) groups is 1. The summed E-state index contributed by atoms with van der Waals surface area (Å²) in [5.41, 5.74) is 0. The minimum absolute atomic E-state index is 0.000139. The number of carboxylic acids is 1. The van der Waals surface area contributed by atoms with Crippen molar-refractivity contribution < 1.29 is 14.7 Å². The molecule has 1 N–H and O–H groups in total. The van der Waals surface area contributed by atoms with Crippen molar-refractivity contribution in [2.24, 2.45) is 5.92 Å².